The Morgan fingerprint density at radius 3 is 2.48 bits per heavy atom. The van der Waals surface area contributed by atoms with Gasteiger partial charge in [-0.3, -0.25) is 10.1 Å². The average molecular weight is 308 g/mol. The number of allylic oxidation sites excluding steroid dienone is 1. The molecule has 1 aliphatic heterocycles. The molecule has 0 saturated heterocycles. The molecule has 7 heteroatoms. The van der Waals surface area contributed by atoms with E-state index in [0.29, 0.717) is 17.0 Å². The molecular weight excluding hydrogens is 296 g/mol. The van der Waals surface area contributed by atoms with Gasteiger partial charge in [0.1, 0.15) is 17.4 Å². The molecule has 114 valence electrons. The summed E-state index contributed by atoms with van der Waals surface area (Å²) in [5.41, 5.74) is 13.5. The Kier molecular flexibility index (Phi) is 3.35. The van der Waals surface area contributed by atoms with Gasteiger partial charge >= 0.3 is 0 Å². The second-order valence-electron chi connectivity index (χ2n) is 5.07. The Hall–Kier alpha value is -3.53. The number of fused-ring (bicyclic) bond motifs is 1. The first-order chi connectivity index (χ1) is 11.0. The number of nitro groups is 1. The summed E-state index contributed by atoms with van der Waals surface area (Å²) >= 11 is 0. The number of ether oxygens (including phenoxy) is 1. The summed E-state index contributed by atoms with van der Waals surface area (Å²) in [6.45, 7) is 0. The van der Waals surface area contributed by atoms with E-state index in [4.69, 9.17) is 16.2 Å². The molecule has 2 aromatic rings. The maximum absolute atomic E-state index is 11.0. The highest BCUT2D eigenvalue weighted by atomic mass is 16.6. The quantitative estimate of drug-likeness (QED) is 0.498. The maximum Gasteiger partial charge on any atom is 0.270 e. The van der Waals surface area contributed by atoms with Gasteiger partial charge in [-0.1, -0.05) is 12.1 Å². The zero-order valence-electron chi connectivity index (χ0n) is 11.9. The highest BCUT2D eigenvalue weighted by molar-refractivity contribution is 5.59. The number of nitrogens with two attached hydrogens (primary N) is 2. The van der Waals surface area contributed by atoms with Crippen molar-refractivity contribution in [3.05, 3.63) is 75.2 Å². The third kappa shape index (κ3) is 2.42. The zero-order chi connectivity index (χ0) is 16.6. The SMILES string of the molecule is N#CC1=C(N)Oc2ccc([N+](=O)[O-])cc2[C@@H]1c1ccc(N)cc1. The van der Waals surface area contributed by atoms with Crippen molar-refractivity contribution in [3.8, 4) is 11.8 Å². The molecule has 0 amide bonds. The molecule has 4 N–H and O–H groups in total. The molecule has 0 aromatic heterocycles. The molecule has 23 heavy (non-hydrogen) atoms. The van der Waals surface area contributed by atoms with E-state index in [0.717, 1.165) is 5.56 Å². The van der Waals surface area contributed by atoms with Crippen LogP contribution in [0.5, 0.6) is 5.75 Å². The van der Waals surface area contributed by atoms with Crippen molar-refractivity contribution in [2.45, 2.75) is 5.92 Å². The van der Waals surface area contributed by atoms with Crippen LogP contribution in [0.2, 0.25) is 0 Å². The normalized spacial score (nSPS) is 16.2. The fraction of sp³-hybridized carbons (Fsp3) is 0.0625. The standard InChI is InChI=1S/C16H12N4O3/c17-8-13-15(9-1-3-10(18)4-2-9)12-7-11(20(21)22)5-6-14(12)23-16(13)19/h1-7,15H,18-19H2/t15-/m0/s1. The molecule has 1 heterocycles. The van der Waals surface area contributed by atoms with E-state index in [9.17, 15) is 15.4 Å². The molecule has 0 bridgehead atoms. The van der Waals surface area contributed by atoms with Crippen LogP contribution < -0.4 is 16.2 Å². The summed E-state index contributed by atoms with van der Waals surface area (Å²) in [7, 11) is 0. The lowest BCUT2D eigenvalue weighted by molar-refractivity contribution is -0.384. The summed E-state index contributed by atoms with van der Waals surface area (Å²) in [6, 6.07) is 13.2. The van der Waals surface area contributed by atoms with E-state index in [2.05, 4.69) is 0 Å². The van der Waals surface area contributed by atoms with E-state index in [1.165, 1.54) is 18.2 Å². The molecule has 7 nitrogen and oxygen atoms in total. The van der Waals surface area contributed by atoms with Gasteiger partial charge in [0.15, 0.2) is 0 Å². The first-order valence-electron chi connectivity index (χ1n) is 6.72. The minimum atomic E-state index is -0.538. The van der Waals surface area contributed by atoms with E-state index in [1.54, 1.807) is 24.3 Å². The Bertz CT molecular complexity index is 866. The Labute approximate surface area is 131 Å². The molecule has 0 fully saturated rings. The van der Waals surface area contributed by atoms with E-state index >= 15 is 0 Å². The first-order valence-corrected chi connectivity index (χ1v) is 6.72. The largest absolute Gasteiger partial charge is 0.440 e. The predicted molar refractivity (Wildman–Crippen MR) is 83.2 cm³/mol. The summed E-state index contributed by atoms with van der Waals surface area (Å²) in [5, 5.41) is 20.5. The number of nitrogen functional groups attached to an aromatic ring is 1. The van der Waals surface area contributed by atoms with E-state index in [1.807, 2.05) is 6.07 Å². The number of hydrogen-bond acceptors (Lipinski definition) is 6. The van der Waals surface area contributed by atoms with Crippen LogP contribution in [-0.2, 0) is 0 Å². The number of rotatable bonds is 2. The highest BCUT2D eigenvalue weighted by Crippen LogP contribution is 2.43. The lowest BCUT2D eigenvalue weighted by atomic mass is 9.83. The van der Waals surface area contributed by atoms with Crippen LogP contribution in [0.1, 0.15) is 17.0 Å². The lowest BCUT2D eigenvalue weighted by Crippen LogP contribution is -2.21. The fourth-order valence-corrected chi connectivity index (χ4v) is 2.59. The van der Waals surface area contributed by atoms with Gasteiger partial charge in [0.2, 0.25) is 5.88 Å². The van der Waals surface area contributed by atoms with Crippen LogP contribution in [0.3, 0.4) is 0 Å². The third-order valence-electron chi connectivity index (χ3n) is 3.68. The minimum absolute atomic E-state index is 0.00400. The summed E-state index contributed by atoms with van der Waals surface area (Å²) in [6.07, 6.45) is 0. The van der Waals surface area contributed by atoms with Gasteiger partial charge in [-0.25, -0.2) is 0 Å². The van der Waals surface area contributed by atoms with Gasteiger partial charge in [0, 0.05) is 23.4 Å². The molecule has 1 atom stereocenters. The molecular formula is C16H12N4O3. The molecule has 1 aliphatic rings. The number of nitriles is 1. The molecule has 0 aliphatic carbocycles. The Balaban J connectivity index is 2.23. The van der Waals surface area contributed by atoms with Crippen LogP contribution in [0, 0.1) is 21.4 Å². The molecule has 3 rings (SSSR count). The molecule has 2 aromatic carbocycles. The van der Waals surface area contributed by atoms with Crippen LogP contribution in [-0.4, -0.2) is 4.92 Å². The van der Waals surface area contributed by atoms with Gasteiger partial charge in [0.05, 0.1) is 10.8 Å². The Morgan fingerprint density at radius 1 is 1.17 bits per heavy atom. The second-order valence-corrected chi connectivity index (χ2v) is 5.07. The zero-order valence-corrected chi connectivity index (χ0v) is 11.9. The Morgan fingerprint density at radius 2 is 1.87 bits per heavy atom. The van der Waals surface area contributed by atoms with Crippen molar-refractivity contribution in [2.24, 2.45) is 5.73 Å². The van der Waals surface area contributed by atoms with Gasteiger partial charge in [-0.15, -0.1) is 0 Å². The topological polar surface area (TPSA) is 128 Å². The van der Waals surface area contributed by atoms with Gasteiger partial charge < -0.3 is 16.2 Å². The first kappa shape index (κ1) is 14.4. The smallest absolute Gasteiger partial charge is 0.270 e. The van der Waals surface area contributed by atoms with Crippen molar-refractivity contribution in [1.29, 1.82) is 5.26 Å². The summed E-state index contributed by atoms with van der Waals surface area (Å²) in [5.74, 6) is -0.145. The third-order valence-corrected chi connectivity index (χ3v) is 3.68. The maximum atomic E-state index is 11.0. The van der Waals surface area contributed by atoms with Crippen LogP contribution in [0.25, 0.3) is 0 Å². The number of non-ortho nitro benzene ring substituents is 1. The molecule has 0 unspecified atom stereocenters. The predicted octanol–water partition coefficient (Wildman–Crippen LogP) is 2.40. The highest BCUT2D eigenvalue weighted by Gasteiger charge is 2.31. The van der Waals surface area contributed by atoms with Crippen molar-refractivity contribution < 1.29 is 9.66 Å². The van der Waals surface area contributed by atoms with Crippen molar-refractivity contribution >= 4 is 11.4 Å². The number of nitrogens with zero attached hydrogens (tertiary/aromatic N) is 2. The lowest BCUT2D eigenvalue weighted by Gasteiger charge is -2.26. The van der Waals surface area contributed by atoms with Crippen LogP contribution in [0.4, 0.5) is 11.4 Å². The molecule has 0 saturated carbocycles. The van der Waals surface area contributed by atoms with Gasteiger partial charge in [0.25, 0.3) is 5.69 Å². The number of anilines is 1. The molecule has 0 spiro atoms. The van der Waals surface area contributed by atoms with Crippen LogP contribution >= 0.6 is 0 Å². The van der Waals surface area contributed by atoms with Crippen molar-refractivity contribution in [1.82, 2.24) is 0 Å². The fourth-order valence-electron chi connectivity index (χ4n) is 2.59. The van der Waals surface area contributed by atoms with Crippen molar-refractivity contribution in [3.63, 3.8) is 0 Å². The molecule has 0 radical (unpaired) electrons. The van der Waals surface area contributed by atoms with Gasteiger partial charge in [-0.2, -0.15) is 5.26 Å². The number of benzene rings is 2. The van der Waals surface area contributed by atoms with Gasteiger partial charge in [-0.05, 0) is 23.8 Å². The van der Waals surface area contributed by atoms with E-state index < -0.39 is 10.8 Å². The van der Waals surface area contributed by atoms with Crippen molar-refractivity contribution in [2.75, 3.05) is 5.73 Å². The monoisotopic (exact) mass is 308 g/mol. The summed E-state index contributed by atoms with van der Waals surface area (Å²) < 4.78 is 5.43. The average Bonchev–Trinajstić information content (AvgIpc) is 2.54. The number of nitro benzene ring substituents is 1. The number of hydrogen-bond donors (Lipinski definition) is 2. The van der Waals surface area contributed by atoms with Crippen LogP contribution in [0.15, 0.2) is 53.9 Å². The minimum Gasteiger partial charge on any atom is -0.440 e. The summed E-state index contributed by atoms with van der Waals surface area (Å²) in [4.78, 5) is 10.5. The second kappa shape index (κ2) is 5.35. The van der Waals surface area contributed by atoms with E-state index in [-0.39, 0.29) is 17.1 Å².